The third kappa shape index (κ3) is 5.21. The predicted octanol–water partition coefficient (Wildman–Crippen LogP) is 2.99. The molecule has 0 spiro atoms. The second-order valence-corrected chi connectivity index (χ2v) is 9.18. The van der Waals surface area contributed by atoms with Crippen LogP contribution < -0.4 is 10.6 Å². The van der Waals surface area contributed by atoms with E-state index in [2.05, 4.69) is 10.6 Å². The van der Waals surface area contributed by atoms with Crippen molar-refractivity contribution in [3.8, 4) is 0 Å². The highest BCUT2D eigenvalue weighted by Gasteiger charge is 2.32. The number of sulfonamides is 1. The van der Waals surface area contributed by atoms with Gasteiger partial charge in [-0.2, -0.15) is 4.31 Å². The Balaban J connectivity index is 1.56. The van der Waals surface area contributed by atoms with Crippen LogP contribution >= 0.6 is 0 Å². The summed E-state index contributed by atoms with van der Waals surface area (Å²) in [5.74, 6) is -0.520. The number of aryl methyl sites for hydroxylation is 1. The molecular weight excluding hydrogens is 390 g/mol. The molecule has 0 aliphatic carbocycles. The van der Waals surface area contributed by atoms with E-state index in [1.165, 1.54) is 11.2 Å². The van der Waals surface area contributed by atoms with Crippen molar-refractivity contribution in [3.05, 3.63) is 54.1 Å². The lowest BCUT2D eigenvalue weighted by molar-refractivity contribution is -0.121. The Labute approximate surface area is 171 Å². The van der Waals surface area contributed by atoms with Gasteiger partial charge in [-0.05, 0) is 56.2 Å². The third-order valence-electron chi connectivity index (χ3n) is 4.96. The summed E-state index contributed by atoms with van der Waals surface area (Å²) in [6.07, 6.45) is 0.946. The van der Waals surface area contributed by atoms with Gasteiger partial charge in [0.05, 0.1) is 4.90 Å². The molecule has 1 fully saturated rings. The van der Waals surface area contributed by atoms with Crippen molar-refractivity contribution in [1.82, 2.24) is 4.31 Å². The maximum absolute atomic E-state index is 12.8. The minimum atomic E-state index is -3.53. The fourth-order valence-corrected chi connectivity index (χ4v) is 4.77. The number of amides is 2. The van der Waals surface area contributed by atoms with Crippen LogP contribution in [0.3, 0.4) is 0 Å². The summed E-state index contributed by atoms with van der Waals surface area (Å²) in [6, 6.07) is 13.7. The topological polar surface area (TPSA) is 95.6 Å². The maximum atomic E-state index is 12.8. The van der Waals surface area contributed by atoms with E-state index in [4.69, 9.17) is 0 Å². The van der Waals surface area contributed by atoms with E-state index in [-0.39, 0.29) is 22.6 Å². The first-order chi connectivity index (χ1) is 13.8. The van der Waals surface area contributed by atoms with Gasteiger partial charge in [0.25, 0.3) is 0 Å². The first-order valence-corrected chi connectivity index (χ1v) is 10.9. The second kappa shape index (κ2) is 8.75. The molecular formula is C21H25N3O4S. The molecule has 2 aromatic carbocycles. The summed E-state index contributed by atoms with van der Waals surface area (Å²) in [5.41, 5.74) is 2.30. The first kappa shape index (κ1) is 21.0. The van der Waals surface area contributed by atoms with Gasteiger partial charge >= 0.3 is 0 Å². The summed E-state index contributed by atoms with van der Waals surface area (Å²) in [6.45, 7) is 3.97. The zero-order valence-corrected chi connectivity index (χ0v) is 17.3. The number of hydrogen-bond acceptors (Lipinski definition) is 4. The van der Waals surface area contributed by atoms with Gasteiger partial charge in [-0.25, -0.2) is 8.42 Å². The van der Waals surface area contributed by atoms with Crippen LogP contribution in [0.4, 0.5) is 11.4 Å². The molecule has 7 nitrogen and oxygen atoms in total. The molecule has 29 heavy (non-hydrogen) atoms. The molecule has 2 N–H and O–H groups in total. The van der Waals surface area contributed by atoms with E-state index < -0.39 is 10.0 Å². The van der Waals surface area contributed by atoms with Gasteiger partial charge in [0.2, 0.25) is 21.8 Å². The molecule has 0 saturated carbocycles. The zero-order chi connectivity index (χ0) is 21.0. The fraction of sp³-hybridized carbons (Fsp3) is 0.333. The third-order valence-corrected chi connectivity index (χ3v) is 6.87. The van der Waals surface area contributed by atoms with Crippen molar-refractivity contribution >= 4 is 33.2 Å². The minimum absolute atomic E-state index is 0.121. The van der Waals surface area contributed by atoms with Crippen LogP contribution in [0.25, 0.3) is 0 Å². The van der Waals surface area contributed by atoms with Gasteiger partial charge in [-0.15, -0.1) is 0 Å². The Morgan fingerprint density at radius 2 is 1.41 bits per heavy atom. The Bertz CT molecular complexity index is 978. The van der Waals surface area contributed by atoms with E-state index in [9.17, 15) is 18.0 Å². The van der Waals surface area contributed by atoms with Crippen molar-refractivity contribution < 1.29 is 18.0 Å². The molecule has 0 atom stereocenters. The summed E-state index contributed by atoms with van der Waals surface area (Å²) in [5, 5.41) is 5.53. The van der Waals surface area contributed by atoms with Crippen molar-refractivity contribution in [2.45, 2.75) is 31.6 Å². The molecule has 0 bridgehead atoms. The molecule has 0 aromatic heterocycles. The minimum Gasteiger partial charge on any atom is -0.326 e. The van der Waals surface area contributed by atoms with Gasteiger partial charge in [0.15, 0.2) is 0 Å². The van der Waals surface area contributed by atoms with Gasteiger partial charge in [0.1, 0.15) is 0 Å². The average Bonchev–Trinajstić information content (AvgIpc) is 2.69. The van der Waals surface area contributed by atoms with E-state index in [1.54, 1.807) is 48.5 Å². The molecule has 1 aliphatic heterocycles. The van der Waals surface area contributed by atoms with Crippen molar-refractivity contribution in [3.63, 3.8) is 0 Å². The number of piperidine rings is 1. The highest BCUT2D eigenvalue weighted by atomic mass is 32.2. The molecule has 2 aromatic rings. The molecule has 2 amide bonds. The standard InChI is InChI=1S/C21H25N3O4S/c1-15-3-9-20(10-4-15)29(27,28)24-13-11-17(12-14-24)21(26)23-19-7-5-18(6-8-19)22-16(2)25/h3-10,17H,11-14H2,1-2H3,(H,22,25)(H,23,26). The predicted molar refractivity (Wildman–Crippen MR) is 112 cm³/mol. The largest absolute Gasteiger partial charge is 0.326 e. The Kier molecular flexibility index (Phi) is 6.34. The monoisotopic (exact) mass is 415 g/mol. The van der Waals surface area contributed by atoms with Crippen molar-refractivity contribution in [2.24, 2.45) is 5.92 Å². The SMILES string of the molecule is CC(=O)Nc1ccc(NC(=O)C2CCN(S(=O)(=O)c3ccc(C)cc3)CC2)cc1. The number of carbonyl (C=O) groups is 2. The van der Waals surface area contributed by atoms with Crippen LogP contribution in [0, 0.1) is 12.8 Å². The Morgan fingerprint density at radius 1 is 0.897 bits per heavy atom. The highest BCUT2D eigenvalue weighted by Crippen LogP contribution is 2.25. The number of carbonyl (C=O) groups excluding carboxylic acids is 2. The van der Waals surface area contributed by atoms with Crippen molar-refractivity contribution in [2.75, 3.05) is 23.7 Å². The summed E-state index contributed by atoms with van der Waals surface area (Å²) in [4.78, 5) is 23.9. The fourth-order valence-electron chi connectivity index (χ4n) is 3.30. The number of nitrogens with zero attached hydrogens (tertiary/aromatic N) is 1. The van der Waals surface area contributed by atoms with Crippen LogP contribution in [0.1, 0.15) is 25.3 Å². The van der Waals surface area contributed by atoms with Gasteiger partial charge in [-0.3, -0.25) is 9.59 Å². The van der Waals surface area contributed by atoms with E-state index in [0.29, 0.717) is 37.3 Å². The number of rotatable bonds is 5. The summed E-state index contributed by atoms with van der Waals surface area (Å²) < 4.78 is 27.0. The van der Waals surface area contributed by atoms with Crippen LogP contribution in [0.5, 0.6) is 0 Å². The van der Waals surface area contributed by atoms with E-state index >= 15 is 0 Å². The number of nitrogens with one attached hydrogen (secondary N) is 2. The van der Waals surface area contributed by atoms with Crippen LogP contribution in [0.2, 0.25) is 0 Å². The molecule has 1 aliphatic rings. The van der Waals surface area contributed by atoms with Crippen LogP contribution in [-0.2, 0) is 19.6 Å². The van der Waals surface area contributed by atoms with Gasteiger partial charge in [-0.1, -0.05) is 17.7 Å². The van der Waals surface area contributed by atoms with Crippen LogP contribution in [-0.4, -0.2) is 37.6 Å². The smallest absolute Gasteiger partial charge is 0.243 e. The number of anilines is 2. The zero-order valence-electron chi connectivity index (χ0n) is 16.5. The van der Waals surface area contributed by atoms with Gasteiger partial charge < -0.3 is 10.6 Å². The normalized spacial score (nSPS) is 15.7. The highest BCUT2D eigenvalue weighted by molar-refractivity contribution is 7.89. The van der Waals surface area contributed by atoms with Crippen LogP contribution in [0.15, 0.2) is 53.4 Å². The lowest BCUT2D eigenvalue weighted by Crippen LogP contribution is -2.41. The molecule has 0 radical (unpaired) electrons. The quantitative estimate of drug-likeness (QED) is 0.785. The molecule has 8 heteroatoms. The van der Waals surface area contributed by atoms with Gasteiger partial charge in [0, 0.05) is 37.3 Å². The first-order valence-electron chi connectivity index (χ1n) is 9.51. The molecule has 1 saturated heterocycles. The van der Waals surface area contributed by atoms with E-state index in [1.807, 2.05) is 6.92 Å². The summed E-state index contributed by atoms with van der Waals surface area (Å²) >= 11 is 0. The average molecular weight is 416 g/mol. The Morgan fingerprint density at radius 3 is 1.93 bits per heavy atom. The number of benzene rings is 2. The summed E-state index contributed by atoms with van der Waals surface area (Å²) in [7, 11) is -3.53. The lowest BCUT2D eigenvalue weighted by Gasteiger charge is -2.30. The molecule has 1 heterocycles. The van der Waals surface area contributed by atoms with E-state index in [0.717, 1.165) is 5.56 Å². The second-order valence-electron chi connectivity index (χ2n) is 7.24. The maximum Gasteiger partial charge on any atom is 0.243 e. The molecule has 154 valence electrons. The Hall–Kier alpha value is -2.71. The number of hydrogen-bond donors (Lipinski definition) is 2. The molecule has 3 rings (SSSR count). The van der Waals surface area contributed by atoms with Crippen molar-refractivity contribution in [1.29, 1.82) is 0 Å². The molecule has 0 unspecified atom stereocenters. The lowest BCUT2D eigenvalue weighted by atomic mass is 9.97.